The van der Waals surface area contributed by atoms with Crippen molar-refractivity contribution >= 4 is 33.4 Å². The SMILES string of the molecule is O=C1CCC(N2Cc3cc(N4CCN(S(=O)(=O)c5ccc6c(c5)CCCC6)CC4)c(F)cc3C2=O)C(=O)N1. The summed E-state index contributed by atoms with van der Waals surface area (Å²) in [7, 11) is -3.66. The zero-order chi connectivity index (χ0) is 26.6. The van der Waals surface area contributed by atoms with Crippen LogP contribution < -0.4 is 10.2 Å². The summed E-state index contributed by atoms with van der Waals surface area (Å²) >= 11 is 0. The monoisotopic (exact) mass is 540 g/mol. The lowest BCUT2D eigenvalue weighted by atomic mass is 9.92. The predicted octanol–water partition coefficient (Wildman–Crippen LogP) is 1.98. The van der Waals surface area contributed by atoms with Gasteiger partial charge in [0, 0.05) is 44.7 Å². The first kappa shape index (κ1) is 25.0. The fraction of sp³-hybridized carbons (Fsp3) is 0.444. The van der Waals surface area contributed by atoms with Crippen molar-refractivity contribution in [2.24, 2.45) is 0 Å². The summed E-state index contributed by atoms with van der Waals surface area (Å²) in [5.41, 5.74) is 3.47. The largest absolute Gasteiger partial charge is 0.367 e. The van der Waals surface area contributed by atoms with Gasteiger partial charge in [0.1, 0.15) is 11.9 Å². The van der Waals surface area contributed by atoms with Crippen LogP contribution in [0.5, 0.6) is 0 Å². The lowest BCUT2D eigenvalue weighted by molar-refractivity contribution is -0.136. The van der Waals surface area contributed by atoms with Gasteiger partial charge in [-0.2, -0.15) is 4.31 Å². The van der Waals surface area contributed by atoms with Gasteiger partial charge < -0.3 is 9.80 Å². The van der Waals surface area contributed by atoms with E-state index in [2.05, 4.69) is 5.32 Å². The fourth-order valence-corrected chi connectivity index (χ4v) is 7.48. The van der Waals surface area contributed by atoms with Crippen molar-refractivity contribution in [1.29, 1.82) is 0 Å². The molecule has 3 aliphatic heterocycles. The average molecular weight is 541 g/mol. The Balaban J connectivity index is 1.16. The van der Waals surface area contributed by atoms with Crippen LogP contribution in [-0.4, -0.2) is 67.6 Å². The number of amides is 3. The summed E-state index contributed by atoms with van der Waals surface area (Å²) in [5, 5.41) is 2.26. The van der Waals surface area contributed by atoms with E-state index in [1.807, 2.05) is 12.1 Å². The molecule has 1 atom stereocenters. The maximum absolute atomic E-state index is 15.2. The van der Waals surface area contributed by atoms with E-state index in [9.17, 15) is 22.8 Å². The fourth-order valence-electron chi connectivity index (χ4n) is 6.01. The van der Waals surface area contributed by atoms with E-state index in [4.69, 9.17) is 0 Å². The van der Waals surface area contributed by atoms with Gasteiger partial charge in [-0.05, 0) is 73.1 Å². The maximum Gasteiger partial charge on any atom is 0.255 e. The van der Waals surface area contributed by atoms with Crippen LogP contribution in [-0.2, 0) is 39.0 Å². The molecular formula is C27H29FN4O5S. The molecule has 0 aromatic heterocycles. The van der Waals surface area contributed by atoms with Gasteiger partial charge in [0.25, 0.3) is 5.91 Å². The van der Waals surface area contributed by atoms with Crippen molar-refractivity contribution in [2.75, 3.05) is 31.1 Å². The van der Waals surface area contributed by atoms with Crippen LogP contribution >= 0.6 is 0 Å². The smallest absolute Gasteiger partial charge is 0.255 e. The number of carbonyl (C=O) groups is 3. The second-order valence-corrected chi connectivity index (χ2v) is 12.3. The first-order valence-corrected chi connectivity index (χ1v) is 14.5. The molecule has 1 N–H and O–H groups in total. The topological polar surface area (TPSA) is 107 Å². The second kappa shape index (κ2) is 9.46. The number of carbonyl (C=O) groups excluding carboxylic acids is 3. The number of hydrogen-bond donors (Lipinski definition) is 1. The molecule has 2 aromatic carbocycles. The molecule has 2 saturated heterocycles. The lowest BCUT2D eigenvalue weighted by Gasteiger charge is -2.35. The van der Waals surface area contributed by atoms with Crippen LogP contribution in [0.4, 0.5) is 10.1 Å². The van der Waals surface area contributed by atoms with Crippen LogP contribution in [0.25, 0.3) is 0 Å². The Bertz CT molecular complexity index is 1450. The van der Waals surface area contributed by atoms with Crippen LogP contribution in [0.1, 0.15) is 52.7 Å². The molecule has 11 heteroatoms. The average Bonchev–Trinajstić information content (AvgIpc) is 3.22. The number of sulfonamides is 1. The third kappa shape index (κ3) is 4.27. The van der Waals surface area contributed by atoms with Crippen LogP contribution in [0.2, 0.25) is 0 Å². The molecule has 6 rings (SSSR count). The number of rotatable bonds is 4. The Kier molecular flexibility index (Phi) is 6.22. The van der Waals surface area contributed by atoms with Gasteiger partial charge in [-0.15, -0.1) is 0 Å². The van der Waals surface area contributed by atoms with Gasteiger partial charge in [0.05, 0.1) is 10.6 Å². The summed E-state index contributed by atoms with van der Waals surface area (Å²) in [6.07, 6.45) is 4.46. The molecule has 1 aliphatic carbocycles. The molecule has 4 aliphatic rings. The number of nitrogens with one attached hydrogen (secondary N) is 1. The molecule has 0 spiro atoms. The molecule has 3 amide bonds. The highest BCUT2D eigenvalue weighted by molar-refractivity contribution is 7.89. The summed E-state index contributed by atoms with van der Waals surface area (Å²) in [6.45, 7) is 1.21. The van der Waals surface area contributed by atoms with Crippen LogP contribution in [0.3, 0.4) is 0 Å². The molecular weight excluding hydrogens is 511 g/mol. The predicted molar refractivity (Wildman–Crippen MR) is 137 cm³/mol. The number of nitrogens with zero attached hydrogens (tertiary/aromatic N) is 3. The normalized spacial score (nSPS) is 22.3. The van der Waals surface area contributed by atoms with Gasteiger partial charge >= 0.3 is 0 Å². The van der Waals surface area contributed by atoms with Gasteiger partial charge in [0.15, 0.2) is 0 Å². The minimum absolute atomic E-state index is 0.148. The quantitative estimate of drug-likeness (QED) is 0.595. The second-order valence-electron chi connectivity index (χ2n) is 10.4. The Morgan fingerprint density at radius 3 is 2.34 bits per heavy atom. The summed E-state index contributed by atoms with van der Waals surface area (Å²) in [4.78, 5) is 40.2. The highest BCUT2D eigenvalue weighted by Crippen LogP contribution is 2.33. The zero-order valence-electron chi connectivity index (χ0n) is 20.9. The molecule has 38 heavy (non-hydrogen) atoms. The Morgan fingerprint density at radius 2 is 1.61 bits per heavy atom. The summed E-state index contributed by atoms with van der Waals surface area (Å²) in [6, 6.07) is 7.49. The summed E-state index contributed by atoms with van der Waals surface area (Å²) in [5.74, 6) is -1.87. The first-order chi connectivity index (χ1) is 18.2. The summed E-state index contributed by atoms with van der Waals surface area (Å²) < 4.78 is 43.3. The van der Waals surface area contributed by atoms with E-state index in [0.717, 1.165) is 31.2 Å². The van der Waals surface area contributed by atoms with Crippen LogP contribution in [0, 0.1) is 5.82 Å². The third-order valence-electron chi connectivity index (χ3n) is 8.13. The van der Waals surface area contributed by atoms with E-state index >= 15 is 4.39 Å². The number of benzene rings is 2. The van der Waals surface area contributed by atoms with E-state index in [1.165, 1.54) is 20.8 Å². The number of aryl methyl sites for hydroxylation is 2. The maximum atomic E-state index is 15.2. The van der Waals surface area contributed by atoms with Crippen molar-refractivity contribution in [3.63, 3.8) is 0 Å². The van der Waals surface area contributed by atoms with Crippen molar-refractivity contribution in [1.82, 2.24) is 14.5 Å². The standard InChI is InChI=1S/C27H29FN4O5S/c28-22-15-21-19(16-32(27(21)35)23-7-8-25(33)29-26(23)34)14-24(22)30-9-11-31(12-10-30)38(36,37)20-6-5-17-3-1-2-4-18(17)13-20/h5-6,13-15,23H,1-4,7-12,16H2,(H,29,33,34). The Morgan fingerprint density at radius 1 is 0.868 bits per heavy atom. The number of piperazine rings is 1. The van der Waals surface area contributed by atoms with Gasteiger partial charge in [-0.3, -0.25) is 19.7 Å². The van der Waals surface area contributed by atoms with Crippen molar-refractivity contribution in [3.05, 3.63) is 58.4 Å². The number of hydrogen-bond acceptors (Lipinski definition) is 6. The molecule has 3 heterocycles. The van der Waals surface area contributed by atoms with E-state index in [1.54, 1.807) is 17.0 Å². The van der Waals surface area contributed by atoms with Gasteiger partial charge in [-0.25, -0.2) is 12.8 Å². The Hall–Kier alpha value is -3.31. The number of piperidine rings is 1. The van der Waals surface area contributed by atoms with E-state index in [-0.39, 0.29) is 43.9 Å². The highest BCUT2D eigenvalue weighted by atomic mass is 32.2. The number of imide groups is 1. The molecule has 0 saturated carbocycles. The van der Waals surface area contributed by atoms with Crippen LogP contribution in [0.15, 0.2) is 35.2 Å². The molecule has 0 bridgehead atoms. The van der Waals surface area contributed by atoms with Crippen molar-refractivity contribution < 1.29 is 27.2 Å². The number of fused-ring (bicyclic) bond motifs is 2. The molecule has 9 nitrogen and oxygen atoms in total. The number of halogens is 1. The minimum Gasteiger partial charge on any atom is -0.367 e. The molecule has 0 radical (unpaired) electrons. The highest BCUT2D eigenvalue weighted by Gasteiger charge is 2.40. The lowest BCUT2D eigenvalue weighted by Crippen LogP contribution is -2.52. The van der Waals surface area contributed by atoms with E-state index in [0.29, 0.717) is 29.2 Å². The van der Waals surface area contributed by atoms with E-state index < -0.39 is 33.7 Å². The number of anilines is 1. The molecule has 2 aromatic rings. The molecule has 1 unspecified atom stereocenters. The third-order valence-corrected chi connectivity index (χ3v) is 10.0. The van der Waals surface area contributed by atoms with Crippen molar-refractivity contribution in [3.8, 4) is 0 Å². The van der Waals surface area contributed by atoms with Gasteiger partial charge in [-0.1, -0.05) is 6.07 Å². The minimum atomic E-state index is -3.66. The Labute approximate surface area is 220 Å². The zero-order valence-corrected chi connectivity index (χ0v) is 21.7. The first-order valence-electron chi connectivity index (χ1n) is 13.1. The van der Waals surface area contributed by atoms with Gasteiger partial charge in [0.2, 0.25) is 21.8 Å². The molecule has 2 fully saturated rings. The molecule has 200 valence electrons. The van der Waals surface area contributed by atoms with Crippen molar-refractivity contribution in [2.45, 2.75) is 56.0 Å².